The second-order valence-corrected chi connectivity index (χ2v) is 3.78. The third-order valence-corrected chi connectivity index (χ3v) is 2.70. The van der Waals surface area contributed by atoms with E-state index in [1.165, 1.54) is 0 Å². The quantitative estimate of drug-likeness (QED) is 0.742. The summed E-state index contributed by atoms with van der Waals surface area (Å²) in [6.45, 7) is 2.09. The second-order valence-electron chi connectivity index (χ2n) is 3.37. The van der Waals surface area contributed by atoms with E-state index in [0.717, 1.165) is 28.3 Å². The fourth-order valence-electron chi connectivity index (χ4n) is 1.49. The Morgan fingerprint density at radius 2 is 1.93 bits per heavy atom. The molecule has 76 valence electrons. The van der Waals surface area contributed by atoms with Crippen LogP contribution in [-0.2, 0) is 6.42 Å². The van der Waals surface area contributed by atoms with Gasteiger partial charge in [-0.25, -0.2) is 0 Å². The maximum atomic E-state index is 6.10. The van der Waals surface area contributed by atoms with Crippen LogP contribution in [0.5, 0.6) is 0 Å². The van der Waals surface area contributed by atoms with Gasteiger partial charge in [0, 0.05) is 28.0 Å². The van der Waals surface area contributed by atoms with Crippen LogP contribution in [0, 0.1) is 0 Å². The van der Waals surface area contributed by atoms with E-state index in [0.29, 0.717) is 0 Å². The van der Waals surface area contributed by atoms with Crippen LogP contribution in [0.2, 0.25) is 5.02 Å². The van der Waals surface area contributed by atoms with Crippen molar-refractivity contribution in [2.75, 3.05) is 0 Å². The van der Waals surface area contributed by atoms with Gasteiger partial charge in [0.05, 0.1) is 0 Å². The van der Waals surface area contributed by atoms with Crippen molar-refractivity contribution in [3.8, 4) is 11.1 Å². The van der Waals surface area contributed by atoms with E-state index in [2.05, 4.69) is 18.0 Å². The SMILES string of the molecule is CCc1ccc(-c2ccccc2Cl)cn1. The molecule has 0 aliphatic carbocycles. The number of nitrogens with zero attached hydrogens (tertiary/aromatic N) is 1. The van der Waals surface area contributed by atoms with Gasteiger partial charge in [-0.05, 0) is 18.6 Å². The largest absolute Gasteiger partial charge is 0.261 e. The Hall–Kier alpha value is -1.34. The second kappa shape index (κ2) is 4.45. The van der Waals surface area contributed by atoms with Crippen LogP contribution < -0.4 is 0 Å². The lowest BCUT2D eigenvalue weighted by Gasteiger charge is -2.04. The lowest BCUT2D eigenvalue weighted by molar-refractivity contribution is 1.04. The van der Waals surface area contributed by atoms with Crippen LogP contribution in [0.3, 0.4) is 0 Å². The third-order valence-electron chi connectivity index (χ3n) is 2.37. The van der Waals surface area contributed by atoms with Crippen molar-refractivity contribution in [1.82, 2.24) is 4.98 Å². The van der Waals surface area contributed by atoms with Gasteiger partial charge in [0.1, 0.15) is 0 Å². The zero-order valence-electron chi connectivity index (χ0n) is 8.57. The number of benzene rings is 1. The Bertz CT molecular complexity index is 448. The van der Waals surface area contributed by atoms with Gasteiger partial charge >= 0.3 is 0 Å². The molecule has 2 rings (SSSR count). The molecule has 0 spiro atoms. The van der Waals surface area contributed by atoms with E-state index in [1.54, 1.807) is 0 Å². The van der Waals surface area contributed by atoms with E-state index in [4.69, 9.17) is 11.6 Å². The van der Waals surface area contributed by atoms with Crippen molar-refractivity contribution in [2.45, 2.75) is 13.3 Å². The number of hydrogen-bond donors (Lipinski definition) is 0. The predicted molar refractivity (Wildman–Crippen MR) is 64.1 cm³/mol. The van der Waals surface area contributed by atoms with Crippen molar-refractivity contribution in [1.29, 1.82) is 0 Å². The highest BCUT2D eigenvalue weighted by molar-refractivity contribution is 6.33. The van der Waals surface area contributed by atoms with Crippen molar-refractivity contribution >= 4 is 11.6 Å². The zero-order valence-corrected chi connectivity index (χ0v) is 9.33. The third kappa shape index (κ3) is 2.18. The Balaban J connectivity index is 2.42. The van der Waals surface area contributed by atoms with E-state index >= 15 is 0 Å². The Labute approximate surface area is 94.7 Å². The Morgan fingerprint density at radius 3 is 2.53 bits per heavy atom. The summed E-state index contributed by atoms with van der Waals surface area (Å²) in [6.07, 6.45) is 2.84. The minimum Gasteiger partial charge on any atom is -0.261 e. The first-order valence-corrected chi connectivity index (χ1v) is 5.39. The van der Waals surface area contributed by atoms with Gasteiger partial charge < -0.3 is 0 Å². The maximum absolute atomic E-state index is 6.10. The topological polar surface area (TPSA) is 12.9 Å². The van der Waals surface area contributed by atoms with Gasteiger partial charge in [-0.2, -0.15) is 0 Å². The summed E-state index contributed by atoms with van der Waals surface area (Å²) in [5.74, 6) is 0. The first kappa shape index (κ1) is 10.2. The van der Waals surface area contributed by atoms with E-state index in [9.17, 15) is 0 Å². The standard InChI is InChI=1S/C13H12ClN/c1-2-11-8-7-10(9-15-11)12-5-3-4-6-13(12)14/h3-9H,2H2,1H3. The highest BCUT2D eigenvalue weighted by Crippen LogP contribution is 2.26. The molecule has 1 aromatic heterocycles. The lowest BCUT2D eigenvalue weighted by Crippen LogP contribution is -1.87. The number of rotatable bonds is 2. The number of aryl methyl sites for hydroxylation is 1. The van der Waals surface area contributed by atoms with E-state index < -0.39 is 0 Å². The summed E-state index contributed by atoms with van der Waals surface area (Å²) < 4.78 is 0. The molecule has 1 heterocycles. The highest BCUT2D eigenvalue weighted by atomic mass is 35.5. The molecule has 0 saturated heterocycles. The molecule has 0 aliphatic heterocycles. The van der Waals surface area contributed by atoms with Crippen LogP contribution >= 0.6 is 11.6 Å². The number of pyridine rings is 1. The molecular weight excluding hydrogens is 206 g/mol. The molecule has 0 aliphatic rings. The fourth-order valence-corrected chi connectivity index (χ4v) is 1.73. The van der Waals surface area contributed by atoms with Gasteiger partial charge in [0.2, 0.25) is 0 Å². The number of hydrogen-bond acceptors (Lipinski definition) is 1. The van der Waals surface area contributed by atoms with Crippen LogP contribution in [0.15, 0.2) is 42.6 Å². The zero-order chi connectivity index (χ0) is 10.7. The first-order valence-electron chi connectivity index (χ1n) is 5.01. The molecular formula is C13H12ClN. The van der Waals surface area contributed by atoms with E-state index in [1.807, 2.05) is 36.5 Å². The van der Waals surface area contributed by atoms with Crippen LogP contribution in [0.1, 0.15) is 12.6 Å². The molecule has 0 saturated carbocycles. The monoisotopic (exact) mass is 217 g/mol. The molecule has 2 aromatic rings. The van der Waals surface area contributed by atoms with E-state index in [-0.39, 0.29) is 0 Å². The van der Waals surface area contributed by atoms with Gasteiger partial charge in [-0.3, -0.25) is 4.98 Å². The van der Waals surface area contributed by atoms with Crippen molar-refractivity contribution in [3.63, 3.8) is 0 Å². The summed E-state index contributed by atoms with van der Waals surface area (Å²) in [4.78, 5) is 4.36. The first-order chi connectivity index (χ1) is 7.31. The average Bonchev–Trinajstić information content (AvgIpc) is 2.30. The molecule has 0 bridgehead atoms. The van der Waals surface area contributed by atoms with Gasteiger partial charge in [0.25, 0.3) is 0 Å². The summed E-state index contributed by atoms with van der Waals surface area (Å²) in [7, 11) is 0. The minimum absolute atomic E-state index is 0.767. The number of halogens is 1. The number of aromatic nitrogens is 1. The van der Waals surface area contributed by atoms with Crippen LogP contribution in [0.25, 0.3) is 11.1 Å². The molecule has 0 fully saturated rings. The van der Waals surface area contributed by atoms with Gasteiger partial charge in [-0.15, -0.1) is 0 Å². The molecule has 2 heteroatoms. The van der Waals surface area contributed by atoms with Crippen molar-refractivity contribution in [3.05, 3.63) is 53.3 Å². The molecule has 0 N–H and O–H groups in total. The molecule has 0 atom stereocenters. The van der Waals surface area contributed by atoms with Crippen molar-refractivity contribution in [2.24, 2.45) is 0 Å². The minimum atomic E-state index is 0.767. The molecule has 0 amide bonds. The Kier molecular flexibility index (Phi) is 3.02. The maximum Gasteiger partial charge on any atom is 0.0484 e. The molecule has 0 unspecified atom stereocenters. The summed E-state index contributed by atoms with van der Waals surface area (Å²) in [6, 6.07) is 11.9. The summed E-state index contributed by atoms with van der Waals surface area (Å²) >= 11 is 6.10. The van der Waals surface area contributed by atoms with Crippen LogP contribution in [-0.4, -0.2) is 4.98 Å². The van der Waals surface area contributed by atoms with Crippen LogP contribution in [0.4, 0.5) is 0 Å². The fraction of sp³-hybridized carbons (Fsp3) is 0.154. The molecule has 15 heavy (non-hydrogen) atoms. The average molecular weight is 218 g/mol. The normalized spacial score (nSPS) is 10.3. The summed E-state index contributed by atoms with van der Waals surface area (Å²) in [5.41, 5.74) is 3.21. The molecule has 0 radical (unpaired) electrons. The lowest BCUT2D eigenvalue weighted by atomic mass is 10.1. The van der Waals surface area contributed by atoms with Gasteiger partial charge in [-0.1, -0.05) is 42.8 Å². The molecule has 1 nitrogen and oxygen atoms in total. The predicted octanol–water partition coefficient (Wildman–Crippen LogP) is 3.96. The smallest absolute Gasteiger partial charge is 0.0484 e. The highest BCUT2D eigenvalue weighted by Gasteiger charge is 2.02. The van der Waals surface area contributed by atoms with Crippen molar-refractivity contribution < 1.29 is 0 Å². The Morgan fingerprint density at radius 1 is 1.13 bits per heavy atom. The van der Waals surface area contributed by atoms with Gasteiger partial charge in [0.15, 0.2) is 0 Å². The summed E-state index contributed by atoms with van der Waals surface area (Å²) in [5, 5.41) is 0.767. The molecule has 1 aromatic carbocycles.